The standard InChI is InChI=1S/C10H9F3N2OS/c1-4-7(16)6-9(17-5(2)14-6)15(3)8(4)10(11,12)13/h1-3H3. The smallest absolute Gasteiger partial charge is 0.330 e. The third kappa shape index (κ3) is 1.74. The summed E-state index contributed by atoms with van der Waals surface area (Å²) in [7, 11) is 1.30. The highest BCUT2D eigenvalue weighted by Gasteiger charge is 2.37. The first-order chi connectivity index (χ1) is 7.73. The fourth-order valence-corrected chi connectivity index (χ4v) is 2.71. The van der Waals surface area contributed by atoms with E-state index in [1.54, 1.807) is 6.92 Å². The zero-order valence-electron chi connectivity index (χ0n) is 9.34. The Kier molecular flexibility index (Phi) is 2.53. The summed E-state index contributed by atoms with van der Waals surface area (Å²) < 4.78 is 39.5. The van der Waals surface area contributed by atoms with Crippen LogP contribution in [-0.4, -0.2) is 9.55 Å². The van der Waals surface area contributed by atoms with Gasteiger partial charge in [0.05, 0.1) is 5.01 Å². The minimum Gasteiger partial charge on any atom is -0.330 e. The molecule has 0 bridgehead atoms. The molecule has 0 radical (unpaired) electrons. The molecule has 0 aliphatic carbocycles. The van der Waals surface area contributed by atoms with Crippen LogP contribution in [0, 0.1) is 13.8 Å². The van der Waals surface area contributed by atoms with Gasteiger partial charge in [0.25, 0.3) is 0 Å². The molecule has 0 amide bonds. The van der Waals surface area contributed by atoms with Crippen LogP contribution in [0.15, 0.2) is 4.79 Å². The van der Waals surface area contributed by atoms with E-state index in [1.807, 2.05) is 0 Å². The predicted molar refractivity (Wildman–Crippen MR) is 59.3 cm³/mol. The third-order valence-corrected chi connectivity index (χ3v) is 3.58. The van der Waals surface area contributed by atoms with Crippen molar-refractivity contribution in [3.63, 3.8) is 0 Å². The highest BCUT2D eigenvalue weighted by atomic mass is 32.1. The van der Waals surface area contributed by atoms with E-state index >= 15 is 0 Å². The van der Waals surface area contributed by atoms with Gasteiger partial charge in [-0.1, -0.05) is 0 Å². The molecule has 2 rings (SSSR count). The Morgan fingerprint density at radius 1 is 1.29 bits per heavy atom. The number of halogens is 3. The maximum atomic E-state index is 12.8. The van der Waals surface area contributed by atoms with Gasteiger partial charge in [0.15, 0.2) is 0 Å². The van der Waals surface area contributed by atoms with E-state index in [-0.39, 0.29) is 15.9 Å². The summed E-state index contributed by atoms with van der Waals surface area (Å²) in [5.41, 5.74) is -1.74. The average Bonchev–Trinajstić information content (AvgIpc) is 2.55. The number of hydrogen-bond donors (Lipinski definition) is 0. The fourth-order valence-electron chi connectivity index (χ4n) is 1.83. The molecule has 7 heteroatoms. The van der Waals surface area contributed by atoms with Crippen LogP contribution in [0.2, 0.25) is 0 Å². The van der Waals surface area contributed by atoms with E-state index in [9.17, 15) is 18.0 Å². The zero-order valence-corrected chi connectivity index (χ0v) is 10.2. The second kappa shape index (κ2) is 3.56. The second-order valence-electron chi connectivity index (χ2n) is 3.75. The van der Waals surface area contributed by atoms with E-state index < -0.39 is 17.3 Å². The van der Waals surface area contributed by atoms with Crippen molar-refractivity contribution in [2.24, 2.45) is 7.05 Å². The van der Waals surface area contributed by atoms with E-state index in [4.69, 9.17) is 0 Å². The lowest BCUT2D eigenvalue weighted by atomic mass is 10.2. The highest BCUT2D eigenvalue weighted by Crippen LogP contribution is 2.33. The monoisotopic (exact) mass is 262 g/mol. The summed E-state index contributed by atoms with van der Waals surface area (Å²) in [5, 5.41) is 0.575. The Labute approximate surface area is 98.5 Å². The Morgan fingerprint density at radius 2 is 1.88 bits per heavy atom. The van der Waals surface area contributed by atoms with Crippen LogP contribution in [0.4, 0.5) is 13.2 Å². The van der Waals surface area contributed by atoms with Crippen molar-refractivity contribution in [1.82, 2.24) is 9.55 Å². The molecular weight excluding hydrogens is 253 g/mol. The van der Waals surface area contributed by atoms with Gasteiger partial charge in [0.2, 0.25) is 5.43 Å². The van der Waals surface area contributed by atoms with Gasteiger partial charge in [0, 0.05) is 12.6 Å². The Hall–Kier alpha value is -1.37. The van der Waals surface area contributed by atoms with E-state index in [0.717, 1.165) is 15.9 Å². The molecule has 0 fully saturated rings. The molecule has 0 aromatic carbocycles. The number of alkyl halides is 3. The van der Waals surface area contributed by atoms with Crippen LogP contribution < -0.4 is 5.43 Å². The lowest BCUT2D eigenvalue weighted by Crippen LogP contribution is -2.23. The van der Waals surface area contributed by atoms with Crippen molar-refractivity contribution in [3.8, 4) is 0 Å². The van der Waals surface area contributed by atoms with Gasteiger partial charge in [-0.3, -0.25) is 4.79 Å². The SMILES string of the molecule is Cc1nc2c(=O)c(C)c(C(F)(F)F)n(C)c2s1. The van der Waals surface area contributed by atoms with Crippen LogP contribution in [0.3, 0.4) is 0 Å². The van der Waals surface area contributed by atoms with Crippen molar-refractivity contribution >= 4 is 21.7 Å². The average molecular weight is 262 g/mol. The van der Waals surface area contributed by atoms with Crippen LogP contribution in [0.5, 0.6) is 0 Å². The number of pyridine rings is 1. The zero-order chi connectivity index (χ0) is 13.0. The first-order valence-corrected chi connectivity index (χ1v) is 5.59. The Morgan fingerprint density at radius 3 is 2.41 bits per heavy atom. The van der Waals surface area contributed by atoms with Gasteiger partial charge in [-0.2, -0.15) is 13.2 Å². The lowest BCUT2D eigenvalue weighted by Gasteiger charge is -2.15. The Bertz CT molecular complexity index is 654. The Balaban J connectivity index is 3.01. The normalized spacial score (nSPS) is 12.4. The molecule has 3 nitrogen and oxygen atoms in total. The molecule has 92 valence electrons. The molecule has 0 spiro atoms. The number of rotatable bonds is 0. The summed E-state index contributed by atoms with van der Waals surface area (Å²) in [4.78, 5) is 16.0. The molecular formula is C10H9F3N2OS. The number of aryl methyl sites for hydroxylation is 2. The van der Waals surface area contributed by atoms with Crippen LogP contribution in [-0.2, 0) is 13.2 Å². The minimum atomic E-state index is -4.54. The summed E-state index contributed by atoms with van der Waals surface area (Å²) in [5.74, 6) is 0. The third-order valence-electron chi connectivity index (χ3n) is 2.54. The first-order valence-electron chi connectivity index (χ1n) is 4.77. The molecule has 0 unspecified atom stereocenters. The van der Waals surface area contributed by atoms with Gasteiger partial charge in [-0.05, 0) is 13.8 Å². The molecule has 0 atom stereocenters. The van der Waals surface area contributed by atoms with Crippen molar-refractivity contribution in [2.75, 3.05) is 0 Å². The largest absolute Gasteiger partial charge is 0.431 e. The number of nitrogens with zero attached hydrogens (tertiary/aromatic N) is 2. The van der Waals surface area contributed by atoms with E-state index in [2.05, 4.69) is 4.98 Å². The fraction of sp³-hybridized carbons (Fsp3) is 0.400. The number of fused-ring (bicyclic) bond motifs is 1. The van der Waals surface area contributed by atoms with Crippen LogP contribution in [0.1, 0.15) is 16.3 Å². The first kappa shape index (κ1) is 12.1. The van der Waals surface area contributed by atoms with Crippen LogP contribution in [0.25, 0.3) is 10.3 Å². The lowest BCUT2D eigenvalue weighted by molar-refractivity contribution is -0.143. The summed E-state index contributed by atoms with van der Waals surface area (Å²) >= 11 is 1.08. The molecule has 0 aliphatic rings. The second-order valence-corrected chi connectivity index (χ2v) is 4.93. The highest BCUT2D eigenvalue weighted by molar-refractivity contribution is 7.18. The van der Waals surface area contributed by atoms with Crippen molar-refractivity contribution in [2.45, 2.75) is 20.0 Å². The van der Waals surface area contributed by atoms with Gasteiger partial charge in [0.1, 0.15) is 16.0 Å². The van der Waals surface area contributed by atoms with Gasteiger partial charge in [-0.15, -0.1) is 11.3 Å². The molecule has 2 aromatic rings. The number of hydrogen-bond acceptors (Lipinski definition) is 3. The molecule has 0 saturated heterocycles. The van der Waals surface area contributed by atoms with Gasteiger partial charge < -0.3 is 4.57 Å². The van der Waals surface area contributed by atoms with Gasteiger partial charge >= 0.3 is 6.18 Å². The summed E-state index contributed by atoms with van der Waals surface area (Å²) in [6, 6.07) is 0. The van der Waals surface area contributed by atoms with Crippen molar-refractivity contribution in [1.29, 1.82) is 0 Å². The maximum absolute atomic E-state index is 12.8. The number of thiazole rings is 1. The number of aromatic nitrogens is 2. The molecule has 0 N–H and O–H groups in total. The van der Waals surface area contributed by atoms with Crippen molar-refractivity contribution < 1.29 is 13.2 Å². The van der Waals surface area contributed by atoms with Crippen LogP contribution >= 0.6 is 11.3 Å². The van der Waals surface area contributed by atoms with Crippen molar-refractivity contribution in [3.05, 3.63) is 26.5 Å². The molecule has 0 saturated carbocycles. The molecule has 17 heavy (non-hydrogen) atoms. The topological polar surface area (TPSA) is 34.9 Å². The minimum absolute atomic E-state index is 0.112. The predicted octanol–water partition coefficient (Wildman–Crippen LogP) is 2.63. The molecule has 2 aromatic heterocycles. The summed E-state index contributed by atoms with van der Waals surface area (Å²) in [6.07, 6.45) is -4.54. The molecule has 0 aliphatic heterocycles. The maximum Gasteiger partial charge on any atom is 0.431 e. The molecule has 2 heterocycles. The van der Waals surface area contributed by atoms with Gasteiger partial charge in [-0.25, -0.2) is 4.98 Å². The summed E-state index contributed by atoms with van der Waals surface area (Å²) in [6.45, 7) is 2.84. The quantitative estimate of drug-likeness (QED) is 0.731. The van der Waals surface area contributed by atoms with E-state index in [1.165, 1.54) is 14.0 Å². The van der Waals surface area contributed by atoms with E-state index in [0.29, 0.717) is 5.01 Å².